The lowest BCUT2D eigenvalue weighted by molar-refractivity contribution is 0.0696. The first-order valence-corrected chi connectivity index (χ1v) is 7.62. The second-order valence-electron chi connectivity index (χ2n) is 6.07. The number of rotatable bonds is 3. The van der Waals surface area contributed by atoms with Crippen molar-refractivity contribution in [3.63, 3.8) is 0 Å². The molecule has 1 heterocycles. The molecular weight excluding hydrogens is 292 g/mol. The van der Waals surface area contributed by atoms with Crippen molar-refractivity contribution in [3.8, 4) is 5.75 Å². The second-order valence-corrected chi connectivity index (χ2v) is 6.07. The zero-order chi connectivity index (χ0) is 16.6. The molecule has 1 N–H and O–H groups in total. The first kappa shape index (κ1) is 15.3. The molecule has 1 aliphatic heterocycles. The molecule has 23 heavy (non-hydrogen) atoms. The molecule has 2 aromatic carbocycles. The minimum Gasteiger partial charge on any atom is -0.484 e. The molecule has 0 aromatic heterocycles. The standard InChI is InChI=1S/C19H18O4/c1-11(2)12-6-7-17-15(9-12)16(20)10-18(23-17)13-4-3-5-14(8-13)19(21)22/h3-9,11,18H,10H2,1-2H3,(H,21,22). The Kier molecular flexibility index (Phi) is 3.90. The summed E-state index contributed by atoms with van der Waals surface area (Å²) in [4.78, 5) is 23.6. The highest BCUT2D eigenvalue weighted by Crippen LogP contribution is 2.36. The molecule has 0 saturated heterocycles. The Morgan fingerprint density at radius 1 is 1.22 bits per heavy atom. The Balaban J connectivity index is 1.93. The van der Waals surface area contributed by atoms with Crippen molar-refractivity contribution in [1.82, 2.24) is 0 Å². The Bertz CT molecular complexity index is 777. The maximum absolute atomic E-state index is 12.5. The Labute approximate surface area is 134 Å². The van der Waals surface area contributed by atoms with E-state index in [0.29, 0.717) is 22.8 Å². The number of aromatic carboxylic acids is 1. The number of fused-ring (bicyclic) bond motifs is 1. The fraction of sp³-hybridized carbons (Fsp3) is 0.263. The van der Waals surface area contributed by atoms with Gasteiger partial charge in [0.15, 0.2) is 5.78 Å². The topological polar surface area (TPSA) is 63.6 Å². The first-order valence-electron chi connectivity index (χ1n) is 7.62. The molecule has 0 amide bonds. The number of carboxylic acid groups (broad SMARTS) is 1. The van der Waals surface area contributed by atoms with Gasteiger partial charge >= 0.3 is 5.97 Å². The normalized spacial score (nSPS) is 16.8. The van der Waals surface area contributed by atoms with Gasteiger partial charge in [0.25, 0.3) is 0 Å². The van der Waals surface area contributed by atoms with Gasteiger partial charge in [0.05, 0.1) is 17.5 Å². The van der Waals surface area contributed by atoms with Crippen molar-refractivity contribution < 1.29 is 19.4 Å². The number of carbonyl (C=O) groups excluding carboxylic acids is 1. The van der Waals surface area contributed by atoms with Crippen LogP contribution in [0.25, 0.3) is 0 Å². The maximum Gasteiger partial charge on any atom is 0.335 e. The van der Waals surface area contributed by atoms with Crippen molar-refractivity contribution in [2.45, 2.75) is 32.3 Å². The Morgan fingerprint density at radius 2 is 2.00 bits per heavy atom. The van der Waals surface area contributed by atoms with Gasteiger partial charge in [-0.05, 0) is 41.3 Å². The van der Waals surface area contributed by atoms with Gasteiger partial charge in [-0.2, -0.15) is 0 Å². The van der Waals surface area contributed by atoms with E-state index in [2.05, 4.69) is 13.8 Å². The zero-order valence-corrected chi connectivity index (χ0v) is 13.1. The van der Waals surface area contributed by atoms with Crippen LogP contribution in [0.2, 0.25) is 0 Å². The summed E-state index contributed by atoms with van der Waals surface area (Å²) in [5.74, 6) is -0.0510. The van der Waals surface area contributed by atoms with E-state index in [1.165, 1.54) is 6.07 Å². The number of carboxylic acids is 1. The minimum absolute atomic E-state index is 0.0273. The Morgan fingerprint density at radius 3 is 2.70 bits per heavy atom. The number of benzene rings is 2. The van der Waals surface area contributed by atoms with Crippen LogP contribution in [-0.2, 0) is 0 Å². The monoisotopic (exact) mass is 310 g/mol. The van der Waals surface area contributed by atoms with Crippen LogP contribution in [0, 0.1) is 0 Å². The number of carbonyl (C=O) groups is 2. The summed E-state index contributed by atoms with van der Waals surface area (Å²) in [6, 6.07) is 12.2. The predicted molar refractivity (Wildman–Crippen MR) is 86.2 cm³/mol. The van der Waals surface area contributed by atoms with Crippen molar-refractivity contribution in [3.05, 3.63) is 64.7 Å². The van der Waals surface area contributed by atoms with Gasteiger partial charge in [0, 0.05) is 0 Å². The van der Waals surface area contributed by atoms with Gasteiger partial charge in [-0.3, -0.25) is 4.79 Å². The summed E-state index contributed by atoms with van der Waals surface area (Å²) in [5, 5.41) is 9.09. The van der Waals surface area contributed by atoms with E-state index in [-0.39, 0.29) is 17.8 Å². The van der Waals surface area contributed by atoms with Gasteiger partial charge in [0.1, 0.15) is 11.9 Å². The largest absolute Gasteiger partial charge is 0.484 e. The van der Waals surface area contributed by atoms with Crippen LogP contribution in [-0.4, -0.2) is 16.9 Å². The molecule has 4 heteroatoms. The van der Waals surface area contributed by atoms with E-state index >= 15 is 0 Å². The fourth-order valence-corrected chi connectivity index (χ4v) is 2.76. The van der Waals surface area contributed by atoms with Gasteiger partial charge in [0.2, 0.25) is 0 Å². The van der Waals surface area contributed by atoms with Crippen LogP contribution in [0.15, 0.2) is 42.5 Å². The summed E-state index contributed by atoms with van der Waals surface area (Å²) in [7, 11) is 0. The molecule has 1 aliphatic rings. The molecule has 1 atom stereocenters. The lowest BCUT2D eigenvalue weighted by Gasteiger charge is -2.26. The highest BCUT2D eigenvalue weighted by Gasteiger charge is 2.28. The molecule has 118 valence electrons. The molecule has 3 rings (SSSR count). The lowest BCUT2D eigenvalue weighted by Crippen LogP contribution is -2.21. The van der Waals surface area contributed by atoms with E-state index in [4.69, 9.17) is 9.84 Å². The average molecular weight is 310 g/mol. The van der Waals surface area contributed by atoms with E-state index in [9.17, 15) is 9.59 Å². The summed E-state index contributed by atoms with van der Waals surface area (Å²) in [6.45, 7) is 4.16. The summed E-state index contributed by atoms with van der Waals surface area (Å²) < 4.78 is 5.94. The molecule has 0 saturated carbocycles. The van der Waals surface area contributed by atoms with E-state index in [1.54, 1.807) is 18.2 Å². The number of ketones is 1. The molecule has 0 aliphatic carbocycles. The van der Waals surface area contributed by atoms with Gasteiger partial charge < -0.3 is 9.84 Å². The summed E-state index contributed by atoms with van der Waals surface area (Å²) in [5.41, 5.74) is 2.62. The fourth-order valence-electron chi connectivity index (χ4n) is 2.76. The average Bonchev–Trinajstić information content (AvgIpc) is 2.54. The smallest absolute Gasteiger partial charge is 0.335 e. The summed E-state index contributed by atoms with van der Waals surface area (Å²) in [6.07, 6.45) is -0.225. The third-order valence-corrected chi connectivity index (χ3v) is 4.12. The molecule has 0 radical (unpaired) electrons. The SMILES string of the molecule is CC(C)c1ccc2c(c1)C(=O)CC(c1cccc(C(=O)O)c1)O2. The van der Waals surface area contributed by atoms with Crippen LogP contribution in [0.4, 0.5) is 0 Å². The van der Waals surface area contributed by atoms with Gasteiger partial charge in [-0.1, -0.05) is 32.0 Å². The Hall–Kier alpha value is -2.62. The quantitative estimate of drug-likeness (QED) is 0.922. The van der Waals surface area contributed by atoms with Crippen molar-refractivity contribution >= 4 is 11.8 Å². The first-order chi connectivity index (χ1) is 11.0. The molecular formula is C19H18O4. The van der Waals surface area contributed by atoms with E-state index < -0.39 is 12.1 Å². The van der Waals surface area contributed by atoms with Crippen LogP contribution in [0.1, 0.15) is 64.1 Å². The van der Waals surface area contributed by atoms with E-state index in [0.717, 1.165) is 5.56 Å². The molecule has 2 aromatic rings. The van der Waals surface area contributed by atoms with Crippen LogP contribution >= 0.6 is 0 Å². The second kappa shape index (κ2) is 5.88. The van der Waals surface area contributed by atoms with Crippen LogP contribution in [0.3, 0.4) is 0 Å². The van der Waals surface area contributed by atoms with Gasteiger partial charge in [-0.25, -0.2) is 4.79 Å². The van der Waals surface area contributed by atoms with Crippen LogP contribution < -0.4 is 4.74 Å². The van der Waals surface area contributed by atoms with Crippen molar-refractivity contribution in [1.29, 1.82) is 0 Å². The molecule has 0 fully saturated rings. The molecule has 0 bridgehead atoms. The number of hydrogen-bond acceptors (Lipinski definition) is 3. The maximum atomic E-state index is 12.5. The summed E-state index contributed by atoms with van der Waals surface area (Å²) >= 11 is 0. The number of hydrogen-bond donors (Lipinski definition) is 1. The number of ether oxygens (including phenoxy) is 1. The predicted octanol–water partition coefficient (Wildman–Crippen LogP) is 4.21. The molecule has 1 unspecified atom stereocenters. The highest BCUT2D eigenvalue weighted by atomic mass is 16.5. The van der Waals surface area contributed by atoms with Crippen LogP contribution in [0.5, 0.6) is 5.75 Å². The zero-order valence-electron chi connectivity index (χ0n) is 13.1. The molecule has 0 spiro atoms. The van der Waals surface area contributed by atoms with Crippen molar-refractivity contribution in [2.24, 2.45) is 0 Å². The van der Waals surface area contributed by atoms with E-state index in [1.807, 2.05) is 18.2 Å². The minimum atomic E-state index is -0.990. The third-order valence-electron chi connectivity index (χ3n) is 4.12. The lowest BCUT2D eigenvalue weighted by atomic mass is 9.92. The van der Waals surface area contributed by atoms with Crippen molar-refractivity contribution in [2.75, 3.05) is 0 Å². The number of Topliss-reactive ketones (excluding diaryl/α,β-unsaturated/α-hetero) is 1. The highest BCUT2D eigenvalue weighted by molar-refractivity contribution is 6.00. The molecule has 4 nitrogen and oxygen atoms in total. The third kappa shape index (κ3) is 2.97. The van der Waals surface area contributed by atoms with Gasteiger partial charge in [-0.15, -0.1) is 0 Å².